The maximum atomic E-state index is 13.3. The van der Waals surface area contributed by atoms with E-state index in [0.717, 1.165) is 0 Å². The molecule has 1 aromatic heterocycles. The summed E-state index contributed by atoms with van der Waals surface area (Å²) >= 11 is 0. The lowest BCUT2D eigenvalue weighted by Crippen LogP contribution is -2.58. The molecule has 1 aromatic rings. The van der Waals surface area contributed by atoms with Crippen LogP contribution in [0, 0.1) is 11.8 Å². The van der Waals surface area contributed by atoms with Crippen molar-refractivity contribution in [3.05, 3.63) is 18.2 Å². The standard InChI is InChI=1S/C24H43N7O5/c1-14(2)9-17(26)21(32)30-20(11-16-12-27-13-28-16)23(34)31-19(10-15(3)4)22(33)29-18(24(35)36)7-5-6-8-25/h12-15,17-20H,5-11,25-26H2,1-4H3,(H,27,28)(H,29,33)(H,30,32)(H,31,34)(H,35,36). The minimum absolute atomic E-state index is 0.0293. The molecule has 9 N–H and O–H groups in total. The van der Waals surface area contributed by atoms with Crippen molar-refractivity contribution in [2.75, 3.05) is 6.54 Å². The number of aromatic amines is 1. The molecule has 0 spiro atoms. The number of aromatic nitrogens is 2. The molecule has 12 heteroatoms. The van der Waals surface area contributed by atoms with Gasteiger partial charge in [-0.3, -0.25) is 14.4 Å². The lowest BCUT2D eigenvalue weighted by Gasteiger charge is -2.26. The van der Waals surface area contributed by atoms with Crippen LogP contribution in [0.1, 0.15) is 65.5 Å². The van der Waals surface area contributed by atoms with Gasteiger partial charge < -0.3 is 37.5 Å². The lowest BCUT2D eigenvalue weighted by molar-refractivity contribution is -0.142. The number of nitrogens with two attached hydrogens (primary N) is 2. The van der Waals surface area contributed by atoms with Crippen LogP contribution in [0.3, 0.4) is 0 Å². The van der Waals surface area contributed by atoms with Crippen molar-refractivity contribution in [3.8, 4) is 0 Å². The zero-order valence-corrected chi connectivity index (χ0v) is 21.8. The fraction of sp³-hybridized carbons (Fsp3) is 0.708. The van der Waals surface area contributed by atoms with Crippen LogP contribution in [-0.4, -0.2) is 69.5 Å². The van der Waals surface area contributed by atoms with Crippen LogP contribution in [0.2, 0.25) is 0 Å². The van der Waals surface area contributed by atoms with Gasteiger partial charge in [-0.25, -0.2) is 9.78 Å². The molecular weight excluding hydrogens is 466 g/mol. The summed E-state index contributed by atoms with van der Waals surface area (Å²) < 4.78 is 0. The van der Waals surface area contributed by atoms with Crippen LogP contribution in [0.15, 0.2) is 12.5 Å². The number of carboxylic acid groups (broad SMARTS) is 1. The molecule has 1 rings (SSSR count). The van der Waals surface area contributed by atoms with Crippen molar-refractivity contribution in [1.82, 2.24) is 25.9 Å². The van der Waals surface area contributed by atoms with E-state index >= 15 is 0 Å². The van der Waals surface area contributed by atoms with Gasteiger partial charge in [0.05, 0.1) is 12.4 Å². The molecule has 4 unspecified atom stereocenters. The van der Waals surface area contributed by atoms with Crippen LogP contribution in [0.5, 0.6) is 0 Å². The van der Waals surface area contributed by atoms with Crippen molar-refractivity contribution in [3.63, 3.8) is 0 Å². The summed E-state index contributed by atoms with van der Waals surface area (Å²) in [6.45, 7) is 8.08. The van der Waals surface area contributed by atoms with E-state index in [2.05, 4.69) is 25.9 Å². The highest BCUT2D eigenvalue weighted by molar-refractivity contribution is 5.94. The number of amides is 3. The van der Waals surface area contributed by atoms with Crippen LogP contribution in [-0.2, 0) is 25.6 Å². The Labute approximate surface area is 212 Å². The molecule has 1 heterocycles. The van der Waals surface area contributed by atoms with Gasteiger partial charge in [0.1, 0.15) is 18.1 Å². The highest BCUT2D eigenvalue weighted by atomic mass is 16.4. The van der Waals surface area contributed by atoms with E-state index < -0.39 is 47.9 Å². The van der Waals surface area contributed by atoms with Crippen molar-refractivity contribution >= 4 is 23.7 Å². The number of hydrogen-bond donors (Lipinski definition) is 7. The van der Waals surface area contributed by atoms with E-state index in [0.29, 0.717) is 31.5 Å². The number of aliphatic carboxylic acids is 1. The third-order valence-corrected chi connectivity index (χ3v) is 5.58. The molecule has 12 nitrogen and oxygen atoms in total. The van der Waals surface area contributed by atoms with Crippen molar-refractivity contribution in [2.24, 2.45) is 23.3 Å². The zero-order valence-electron chi connectivity index (χ0n) is 21.8. The highest BCUT2D eigenvalue weighted by Crippen LogP contribution is 2.09. The number of rotatable bonds is 17. The highest BCUT2D eigenvalue weighted by Gasteiger charge is 2.31. The van der Waals surface area contributed by atoms with Crippen molar-refractivity contribution in [2.45, 2.75) is 90.4 Å². The first-order chi connectivity index (χ1) is 16.9. The minimum Gasteiger partial charge on any atom is -0.480 e. The van der Waals surface area contributed by atoms with Gasteiger partial charge in [0.2, 0.25) is 17.7 Å². The van der Waals surface area contributed by atoms with E-state index in [1.807, 2.05) is 27.7 Å². The summed E-state index contributed by atoms with van der Waals surface area (Å²) in [7, 11) is 0. The molecule has 0 saturated heterocycles. The van der Waals surface area contributed by atoms with E-state index in [-0.39, 0.29) is 31.1 Å². The van der Waals surface area contributed by atoms with Crippen molar-refractivity contribution in [1.29, 1.82) is 0 Å². The van der Waals surface area contributed by atoms with E-state index in [9.17, 15) is 24.3 Å². The number of carboxylic acids is 1. The normalized spacial score (nSPS) is 14.7. The number of imidazole rings is 1. The first-order valence-electron chi connectivity index (χ1n) is 12.5. The molecule has 0 aromatic carbocycles. The van der Waals surface area contributed by atoms with E-state index in [4.69, 9.17) is 11.5 Å². The molecule has 3 amide bonds. The van der Waals surface area contributed by atoms with Crippen LogP contribution in [0.4, 0.5) is 0 Å². The second kappa shape index (κ2) is 15.9. The summed E-state index contributed by atoms with van der Waals surface area (Å²) in [4.78, 5) is 57.4. The second-order valence-electron chi connectivity index (χ2n) is 9.95. The van der Waals surface area contributed by atoms with Gasteiger partial charge in [0.15, 0.2) is 0 Å². The van der Waals surface area contributed by atoms with Gasteiger partial charge in [-0.2, -0.15) is 0 Å². The van der Waals surface area contributed by atoms with Gasteiger partial charge in [-0.05, 0) is 50.5 Å². The largest absolute Gasteiger partial charge is 0.480 e. The predicted octanol–water partition coefficient (Wildman–Crippen LogP) is 0.0397. The third kappa shape index (κ3) is 11.6. The smallest absolute Gasteiger partial charge is 0.326 e. The van der Waals surface area contributed by atoms with E-state index in [1.54, 1.807) is 0 Å². The Kier molecular flexibility index (Phi) is 13.7. The number of carbonyl (C=O) groups is 4. The first-order valence-corrected chi connectivity index (χ1v) is 12.5. The minimum atomic E-state index is -1.15. The molecule has 0 fully saturated rings. The molecular formula is C24H43N7O5. The predicted molar refractivity (Wildman–Crippen MR) is 136 cm³/mol. The summed E-state index contributed by atoms with van der Waals surface area (Å²) in [5, 5.41) is 17.4. The zero-order chi connectivity index (χ0) is 27.3. The maximum Gasteiger partial charge on any atom is 0.326 e. The number of unbranched alkanes of at least 4 members (excludes halogenated alkanes) is 1. The summed E-state index contributed by atoms with van der Waals surface area (Å²) in [5.74, 6) is -2.58. The molecule has 204 valence electrons. The Balaban J connectivity index is 3.01. The summed E-state index contributed by atoms with van der Waals surface area (Å²) in [6, 6.07) is -3.88. The summed E-state index contributed by atoms with van der Waals surface area (Å²) in [6.07, 6.45) is 5.25. The Morgan fingerprint density at radius 2 is 1.50 bits per heavy atom. The molecule has 0 aliphatic heterocycles. The van der Waals surface area contributed by atoms with Gasteiger partial charge in [-0.15, -0.1) is 0 Å². The van der Waals surface area contributed by atoms with Crippen LogP contribution in [0.25, 0.3) is 0 Å². The van der Waals surface area contributed by atoms with Gasteiger partial charge in [0, 0.05) is 18.3 Å². The number of H-pyrrole nitrogens is 1. The van der Waals surface area contributed by atoms with Crippen molar-refractivity contribution < 1.29 is 24.3 Å². The quantitative estimate of drug-likeness (QED) is 0.142. The van der Waals surface area contributed by atoms with Gasteiger partial charge in [-0.1, -0.05) is 27.7 Å². The average molecular weight is 510 g/mol. The molecule has 0 bridgehead atoms. The number of nitrogens with one attached hydrogen (secondary N) is 4. The Morgan fingerprint density at radius 3 is 2.03 bits per heavy atom. The second-order valence-corrected chi connectivity index (χ2v) is 9.95. The Bertz CT molecular complexity index is 829. The monoisotopic (exact) mass is 509 g/mol. The van der Waals surface area contributed by atoms with Crippen LogP contribution >= 0.6 is 0 Å². The molecule has 0 aliphatic rings. The lowest BCUT2D eigenvalue weighted by atomic mass is 10.0. The summed E-state index contributed by atoms with van der Waals surface area (Å²) in [5.41, 5.74) is 12.1. The third-order valence-electron chi connectivity index (χ3n) is 5.58. The Hall–Kier alpha value is -2.99. The first kappa shape index (κ1) is 31.0. The molecule has 0 aliphatic carbocycles. The van der Waals surface area contributed by atoms with Gasteiger partial charge >= 0.3 is 5.97 Å². The molecule has 4 atom stereocenters. The van der Waals surface area contributed by atoms with E-state index in [1.165, 1.54) is 12.5 Å². The Morgan fingerprint density at radius 1 is 0.917 bits per heavy atom. The molecule has 36 heavy (non-hydrogen) atoms. The number of hydrogen-bond acceptors (Lipinski definition) is 7. The molecule has 0 saturated carbocycles. The maximum absolute atomic E-state index is 13.3. The fourth-order valence-corrected chi connectivity index (χ4v) is 3.72. The molecule has 0 radical (unpaired) electrons. The SMILES string of the molecule is CC(C)CC(N)C(=O)NC(Cc1cnc[nH]1)C(=O)NC(CC(C)C)C(=O)NC(CCCCN)C(=O)O. The fourth-order valence-electron chi connectivity index (χ4n) is 3.72. The average Bonchev–Trinajstić information content (AvgIpc) is 3.29. The topological polar surface area (TPSA) is 205 Å². The van der Waals surface area contributed by atoms with Crippen LogP contribution < -0.4 is 27.4 Å². The van der Waals surface area contributed by atoms with Gasteiger partial charge in [0.25, 0.3) is 0 Å². The number of nitrogens with zero attached hydrogens (tertiary/aromatic N) is 1. The number of carbonyl (C=O) groups excluding carboxylic acids is 3.